The number of aromatic nitrogens is 2. The van der Waals surface area contributed by atoms with Gasteiger partial charge in [0.15, 0.2) is 0 Å². The summed E-state index contributed by atoms with van der Waals surface area (Å²) in [5.74, 6) is 5.98. The molecule has 1 aliphatic rings. The van der Waals surface area contributed by atoms with Crippen LogP contribution in [0, 0.1) is 0 Å². The molecule has 5 heteroatoms. The molecule has 1 atom stereocenters. The summed E-state index contributed by atoms with van der Waals surface area (Å²) in [5.41, 5.74) is 1.13. The van der Waals surface area contributed by atoms with Crippen LogP contribution >= 0.6 is 23.5 Å². The Bertz CT molecular complexity index is 376. The first-order valence-electron chi connectivity index (χ1n) is 5.96. The van der Waals surface area contributed by atoms with Gasteiger partial charge in [-0.25, -0.2) is 9.97 Å². The smallest absolute Gasteiger partial charge is 0.144 e. The molecule has 2 heterocycles. The molecular formula is C12H19N3S2. The maximum atomic E-state index is 4.72. The van der Waals surface area contributed by atoms with Crippen LogP contribution in [0.4, 0.5) is 5.82 Å². The molecule has 0 aliphatic carbocycles. The largest absolute Gasteiger partial charge is 0.373 e. The number of nitrogens with zero attached hydrogens (tertiary/aromatic N) is 2. The lowest BCUT2D eigenvalue weighted by atomic mass is 10.1. The Morgan fingerprint density at radius 1 is 1.35 bits per heavy atom. The summed E-state index contributed by atoms with van der Waals surface area (Å²) >= 11 is 3.99. The third-order valence-electron chi connectivity index (χ3n) is 2.71. The lowest BCUT2D eigenvalue weighted by Gasteiger charge is -2.21. The van der Waals surface area contributed by atoms with Crippen molar-refractivity contribution in [2.24, 2.45) is 0 Å². The molecule has 1 fully saturated rings. The summed E-state index contributed by atoms with van der Waals surface area (Å²) in [6, 6.07) is 2.05. The lowest BCUT2D eigenvalue weighted by Crippen LogP contribution is -2.13. The third-order valence-corrected chi connectivity index (χ3v) is 5.47. The number of hydrogen-bond acceptors (Lipinski definition) is 5. The normalized spacial score (nSPS) is 20.6. The van der Waals surface area contributed by atoms with Crippen molar-refractivity contribution in [2.45, 2.75) is 25.0 Å². The van der Waals surface area contributed by atoms with Crippen LogP contribution in [0.3, 0.4) is 0 Å². The van der Waals surface area contributed by atoms with Gasteiger partial charge < -0.3 is 5.32 Å². The molecule has 1 unspecified atom stereocenters. The minimum Gasteiger partial charge on any atom is -0.373 e. The summed E-state index contributed by atoms with van der Waals surface area (Å²) in [5, 5.41) is 3.59. The van der Waals surface area contributed by atoms with E-state index in [2.05, 4.69) is 30.2 Å². The number of nitrogens with one attached hydrogen (secondary N) is 1. The van der Waals surface area contributed by atoms with Gasteiger partial charge in [0, 0.05) is 36.1 Å². The Labute approximate surface area is 112 Å². The minimum absolute atomic E-state index is 0.449. The van der Waals surface area contributed by atoms with Crippen molar-refractivity contribution in [1.82, 2.24) is 9.97 Å². The summed E-state index contributed by atoms with van der Waals surface area (Å²) in [6.45, 7) is 4.35. The minimum atomic E-state index is 0.449. The van der Waals surface area contributed by atoms with Gasteiger partial charge in [-0.05, 0) is 5.92 Å². The van der Waals surface area contributed by atoms with E-state index in [1.54, 1.807) is 0 Å². The number of hydrogen-bond donors (Lipinski definition) is 1. The molecule has 94 valence electrons. The maximum absolute atomic E-state index is 4.72. The van der Waals surface area contributed by atoms with Crippen LogP contribution in [0.15, 0.2) is 6.07 Å². The SMILES string of the molecule is CNc1cc(C(C)C)nc(C2CSCCS2)n1. The first-order valence-corrected chi connectivity index (χ1v) is 8.17. The third kappa shape index (κ3) is 3.28. The zero-order valence-electron chi connectivity index (χ0n) is 10.6. The van der Waals surface area contributed by atoms with E-state index in [-0.39, 0.29) is 0 Å². The highest BCUT2D eigenvalue weighted by Crippen LogP contribution is 2.35. The first-order chi connectivity index (χ1) is 8.20. The highest BCUT2D eigenvalue weighted by Gasteiger charge is 2.20. The van der Waals surface area contributed by atoms with Crippen LogP contribution in [-0.4, -0.2) is 34.3 Å². The lowest BCUT2D eigenvalue weighted by molar-refractivity contribution is 0.785. The number of rotatable bonds is 3. The van der Waals surface area contributed by atoms with Crippen molar-refractivity contribution < 1.29 is 0 Å². The van der Waals surface area contributed by atoms with E-state index in [1.807, 2.05) is 30.6 Å². The van der Waals surface area contributed by atoms with E-state index in [9.17, 15) is 0 Å². The molecule has 0 aromatic carbocycles. The molecule has 0 radical (unpaired) electrons. The Morgan fingerprint density at radius 2 is 2.18 bits per heavy atom. The van der Waals surface area contributed by atoms with Crippen molar-refractivity contribution in [3.63, 3.8) is 0 Å². The van der Waals surface area contributed by atoms with Gasteiger partial charge in [0.05, 0.1) is 5.25 Å². The standard InChI is InChI=1S/C12H19N3S2/c1-8(2)9-6-11(13-3)15-12(14-9)10-7-16-4-5-17-10/h6,8,10H,4-5,7H2,1-3H3,(H,13,14,15). The molecule has 0 saturated carbocycles. The molecule has 0 amide bonds. The first kappa shape index (κ1) is 13.0. The van der Waals surface area contributed by atoms with Crippen molar-refractivity contribution in [3.05, 3.63) is 17.6 Å². The highest BCUT2D eigenvalue weighted by atomic mass is 32.2. The van der Waals surface area contributed by atoms with Gasteiger partial charge in [0.25, 0.3) is 0 Å². The summed E-state index contributed by atoms with van der Waals surface area (Å²) in [7, 11) is 1.92. The second-order valence-corrected chi connectivity index (χ2v) is 6.84. The molecular weight excluding hydrogens is 250 g/mol. The average molecular weight is 269 g/mol. The maximum Gasteiger partial charge on any atom is 0.144 e. The molecule has 1 aromatic rings. The van der Waals surface area contributed by atoms with Gasteiger partial charge >= 0.3 is 0 Å². The zero-order valence-corrected chi connectivity index (χ0v) is 12.2. The van der Waals surface area contributed by atoms with E-state index in [1.165, 1.54) is 11.5 Å². The van der Waals surface area contributed by atoms with Crippen LogP contribution in [-0.2, 0) is 0 Å². The van der Waals surface area contributed by atoms with Crippen molar-refractivity contribution in [1.29, 1.82) is 0 Å². The van der Waals surface area contributed by atoms with Gasteiger partial charge in [0.2, 0.25) is 0 Å². The van der Waals surface area contributed by atoms with Crippen LogP contribution in [0.5, 0.6) is 0 Å². The fourth-order valence-electron chi connectivity index (χ4n) is 1.69. The zero-order chi connectivity index (χ0) is 12.3. The Morgan fingerprint density at radius 3 is 2.76 bits per heavy atom. The van der Waals surface area contributed by atoms with Gasteiger partial charge in [-0.2, -0.15) is 11.8 Å². The molecule has 1 saturated heterocycles. The fourth-order valence-corrected chi connectivity index (χ4v) is 4.29. The number of thioether (sulfide) groups is 2. The second-order valence-electron chi connectivity index (χ2n) is 4.38. The van der Waals surface area contributed by atoms with Crippen LogP contribution in [0.25, 0.3) is 0 Å². The van der Waals surface area contributed by atoms with E-state index < -0.39 is 0 Å². The monoisotopic (exact) mass is 269 g/mol. The van der Waals surface area contributed by atoms with E-state index in [4.69, 9.17) is 4.98 Å². The average Bonchev–Trinajstić information content (AvgIpc) is 2.39. The van der Waals surface area contributed by atoms with Gasteiger partial charge in [-0.1, -0.05) is 13.8 Å². The topological polar surface area (TPSA) is 37.8 Å². The van der Waals surface area contributed by atoms with Gasteiger partial charge in [-0.3, -0.25) is 0 Å². The van der Waals surface area contributed by atoms with Crippen molar-refractivity contribution in [3.8, 4) is 0 Å². The Hall–Kier alpha value is -0.420. The Kier molecular flexibility index (Phi) is 4.56. The van der Waals surface area contributed by atoms with E-state index in [0.717, 1.165) is 23.1 Å². The molecule has 17 heavy (non-hydrogen) atoms. The summed E-state index contributed by atoms with van der Waals surface area (Å²) in [4.78, 5) is 9.32. The molecule has 0 bridgehead atoms. The van der Waals surface area contributed by atoms with Crippen LogP contribution < -0.4 is 5.32 Å². The van der Waals surface area contributed by atoms with Crippen LogP contribution in [0.2, 0.25) is 0 Å². The van der Waals surface area contributed by atoms with Crippen molar-refractivity contribution in [2.75, 3.05) is 29.6 Å². The van der Waals surface area contributed by atoms with E-state index in [0.29, 0.717) is 11.2 Å². The molecule has 1 N–H and O–H groups in total. The predicted octanol–water partition coefficient (Wildman–Crippen LogP) is 3.16. The fraction of sp³-hybridized carbons (Fsp3) is 0.667. The molecule has 1 aliphatic heterocycles. The number of anilines is 1. The summed E-state index contributed by atoms with van der Waals surface area (Å²) in [6.07, 6.45) is 0. The molecule has 1 aromatic heterocycles. The van der Waals surface area contributed by atoms with E-state index >= 15 is 0 Å². The Balaban J connectivity index is 2.28. The van der Waals surface area contributed by atoms with Gasteiger partial charge in [0.1, 0.15) is 11.6 Å². The molecule has 2 rings (SSSR count). The van der Waals surface area contributed by atoms with Crippen molar-refractivity contribution >= 4 is 29.3 Å². The summed E-state index contributed by atoms with van der Waals surface area (Å²) < 4.78 is 0. The molecule has 0 spiro atoms. The quantitative estimate of drug-likeness (QED) is 0.912. The predicted molar refractivity (Wildman–Crippen MR) is 78.2 cm³/mol. The second kappa shape index (κ2) is 5.96. The van der Waals surface area contributed by atoms with Gasteiger partial charge in [-0.15, -0.1) is 11.8 Å². The highest BCUT2D eigenvalue weighted by molar-refractivity contribution is 8.06. The van der Waals surface area contributed by atoms with Crippen LogP contribution in [0.1, 0.15) is 36.5 Å². The molecule has 3 nitrogen and oxygen atoms in total.